The molecular formula is C16H15NO3S. The van der Waals surface area contributed by atoms with Gasteiger partial charge in [0, 0.05) is 10.4 Å². The first-order chi connectivity index (χ1) is 10.2. The topological polar surface area (TPSA) is 55.4 Å². The Morgan fingerprint density at radius 1 is 1.19 bits per heavy atom. The van der Waals surface area contributed by atoms with Crippen LogP contribution in [0.25, 0.3) is 0 Å². The summed E-state index contributed by atoms with van der Waals surface area (Å²) in [5.41, 5.74) is 2.14. The van der Waals surface area contributed by atoms with E-state index in [1.807, 2.05) is 18.2 Å². The molecule has 0 saturated carbocycles. The molecule has 108 valence electrons. The van der Waals surface area contributed by atoms with E-state index < -0.39 is 0 Å². The SMILES string of the molecule is COC(=O)c1c(NC(=O)c2ccccc2)sc2c1CCC2. The Bertz CT molecular complexity index is 691. The molecule has 3 rings (SSSR count). The second-order valence-electron chi connectivity index (χ2n) is 4.87. The first kappa shape index (κ1) is 13.8. The summed E-state index contributed by atoms with van der Waals surface area (Å²) in [7, 11) is 1.37. The van der Waals surface area contributed by atoms with E-state index in [9.17, 15) is 9.59 Å². The third-order valence-corrected chi connectivity index (χ3v) is 4.78. The van der Waals surface area contributed by atoms with Crippen molar-refractivity contribution in [2.24, 2.45) is 0 Å². The number of rotatable bonds is 3. The van der Waals surface area contributed by atoms with E-state index in [4.69, 9.17) is 4.74 Å². The zero-order valence-electron chi connectivity index (χ0n) is 11.6. The molecule has 1 aliphatic rings. The van der Waals surface area contributed by atoms with Gasteiger partial charge < -0.3 is 10.1 Å². The molecule has 0 atom stereocenters. The van der Waals surface area contributed by atoms with Crippen LogP contribution in [0.3, 0.4) is 0 Å². The number of fused-ring (bicyclic) bond motifs is 1. The summed E-state index contributed by atoms with van der Waals surface area (Å²) in [5, 5.41) is 3.45. The smallest absolute Gasteiger partial charge is 0.341 e. The Labute approximate surface area is 126 Å². The average molecular weight is 301 g/mol. The zero-order valence-corrected chi connectivity index (χ0v) is 12.5. The predicted octanol–water partition coefficient (Wildman–Crippen LogP) is 3.28. The number of ether oxygens (including phenoxy) is 1. The largest absolute Gasteiger partial charge is 0.465 e. The highest BCUT2D eigenvalue weighted by atomic mass is 32.1. The van der Waals surface area contributed by atoms with Crippen LogP contribution in [-0.4, -0.2) is 19.0 Å². The molecule has 4 nitrogen and oxygen atoms in total. The Morgan fingerprint density at radius 3 is 2.67 bits per heavy atom. The molecule has 1 aliphatic carbocycles. The molecule has 0 fully saturated rings. The molecule has 0 unspecified atom stereocenters. The van der Waals surface area contributed by atoms with Gasteiger partial charge in [-0.3, -0.25) is 4.79 Å². The fourth-order valence-corrected chi connectivity index (χ4v) is 3.85. The number of anilines is 1. The lowest BCUT2D eigenvalue weighted by atomic mass is 10.1. The number of amides is 1. The Balaban J connectivity index is 1.92. The molecule has 0 aliphatic heterocycles. The van der Waals surface area contributed by atoms with Crippen molar-refractivity contribution in [1.29, 1.82) is 0 Å². The van der Waals surface area contributed by atoms with Crippen LogP contribution >= 0.6 is 11.3 Å². The van der Waals surface area contributed by atoms with Gasteiger partial charge in [-0.15, -0.1) is 11.3 Å². The van der Waals surface area contributed by atoms with Crippen LogP contribution < -0.4 is 5.32 Å². The van der Waals surface area contributed by atoms with Crippen LogP contribution in [0.15, 0.2) is 30.3 Å². The minimum atomic E-state index is -0.377. The Hall–Kier alpha value is -2.14. The molecule has 21 heavy (non-hydrogen) atoms. The van der Waals surface area contributed by atoms with Crippen molar-refractivity contribution < 1.29 is 14.3 Å². The number of carbonyl (C=O) groups excluding carboxylic acids is 2. The van der Waals surface area contributed by atoms with E-state index in [-0.39, 0.29) is 11.9 Å². The highest BCUT2D eigenvalue weighted by molar-refractivity contribution is 7.17. The van der Waals surface area contributed by atoms with Gasteiger partial charge in [-0.05, 0) is 37.0 Å². The summed E-state index contributed by atoms with van der Waals surface area (Å²) in [6, 6.07) is 8.97. The molecule has 2 aromatic rings. The normalized spacial score (nSPS) is 12.8. The van der Waals surface area contributed by atoms with Gasteiger partial charge in [-0.25, -0.2) is 4.79 Å². The first-order valence-corrected chi connectivity index (χ1v) is 7.61. The lowest BCUT2D eigenvalue weighted by Gasteiger charge is -2.07. The van der Waals surface area contributed by atoms with Crippen LogP contribution in [0.2, 0.25) is 0 Å². The lowest BCUT2D eigenvalue weighted by Crippen LogP contribution is -2.14. The molecule has 0 bridgehead atoms. The number of aryl methyl sites for hydroxylation is 1. The van der Waals surface area contributed by atoms with Crippen LogP contribution in [0.4, 0.5) is 5.00 Å². The van der Waals surface area contributed by atoms with E-state index in [1.165, 1.54) is 23.3 Å². The van der Waals surface area contributed by atoms with Gasteiger partial charge in [0.2, 0.25) is 0 Å². The number of thiophene rings is 1. The maximum Gasteiger partial charge on any atom is 0.341 e. The number of hydrogen-bond donors (Lipinski definition) is 1. The van der Waals surface area contributed by atoms with Gasteiger partial charge in [0.15, 0.2) is 0 Å². The summed E-state index contributed by atoms with van der Waals surface area (Å²) in [6.45, 7) is 0. The lowest BCUT2D eigenvalue weighted by molar-refractivity contribution is 0.0601. The maximum absolute atomic E-state index is 12.2. The minimum absolute atomic E-state index is 0.208. The second kappa shape index (κ2) is 5.69. The summed E-state index contributed by atoms with van der Waals surface area (Å²) in [5.74, 6) is -0.585. The van der Waals surface area contributed by atoms with E-state index in [1.54, 1.807) is 12.1 Å². The van der Waals surface area contributed by atoms with Gasteiger partial charge in [-0.2, -0.15) is 0 Å². The second-order valence-corrected chi connectivity index (χ2v) is 5.98. The van der Waals surface area contributed by atoms with E-state index in [2.05, 4.69) is 5.32 Å². The van der Waals surface area contributed by atoms with Gasteiger partial charge in [0.1, 0.15) is 5.00 Å². The van der Waals surface area contributed by atoms with Crippen LogP contribution in [0.5, 0.6) is 0 Å². The molecule has 1 heterocycles. The van der Waals surface area contributed by atoms with Gasteiger partial charge in [0.05, 0.1) is 12.7 Å². The minimum Gasteiger partial charge on any atom is -0.465 e. The Kier molecular flexibility index (Phi) is 3.75. The van der Waals surface area contributed by atoms with Crippen molar-refractivity contribution in [3.63, 3.8) is 0 Å². The Morgan fingerprint density at radius 2 is 1.95 bits per heavy atom. The maximum atomic E-state index is 12.2. The predicted molar refractivity (Wildman–Crippen MR) is 82.1 cm³/mol. The summed E-state index contributed by atoms with van der Waals surface area (Å²) >= 11 is 1.48. The zero-order chi connectivity index (χ0) is 14.8. The van der Waals surface area contributed by atoms with Gasteiger partial charge in [0.25, 0.3) is 5.91 Å². The van der Waals surface area contributed by atoms with Gasteiger partial charge in [-0.1, -0.05) is 18.2 Å². The first-order valence-electron chi connectivity index (χ1n) is 6.80. The summed E-state index contributed by atoms with van der Waals surface area (Å²) < 4.78 is 4.86. The monoisotopic (exact) mass is 301 g/mol. The fourth-order valence-electron chi connectivity index (χ4n) is 2.58. The molecule has 0 spiro atoms. The van der Waals surface area contributed by atoms with Crippen molar-refractivity contribution >= 4 is 28.2 Å². The number of carbonyl (C=O) groups is 2. The number of hydrogen-bond acceptors (Lipinski definition) is 4. The number of esters is 1. The summed E-state index contributed by atoms with van der Waals surface area (Å²) in [4.78, 5) is 25.4. The molecule has 0 saturated heterocycles. The molecular weight excluding hydrogens is 286 g/mol. The standard InChI is InChI=1S/C16H15NO3S/c1-20-16(19)13-11-8-5-9-12(11)21-15(13)17-14(18)10-6-3-2-4-7-10/h2-4,6-7H,5,8-9H2,1H3,(H,17,18). The van der Waals surface area contributed by atoms with Crippen LogP contribution in [0, 0.1) is 0 Å². The van der Waals surface area contributed by atoms with E-state index in [0.717, 1.165) is 24.8 Å². The average Bonchev–Trinajstić information content (AvgIpc) is 3.07. The number of methoxy groups -OCH3 is 1. The highest BCUT2D eigenvalue weighted by Gasteiger charge is 2.28. The van der Waals surface area contributed by atoms with E-state index in [0.29, 0.717) is 16.1 Å². The van der Waals surface area contributed by atoms with Crippen molar-refractivity contribution in [2.45, 2.75) is 19.3 Å². The molecule has 0 radical (unpaired) electrons. The third kappa shape index (κ3) is 2.56. The van der Waals surface area contributed by atoms with Gasteiger partial charge >= 0.3 is 5.97 Å². The summed E-state index contributed by atoms with van der Waals surface area (Å²) in [6.07, 6.45) is 2.89. The van der Waals surface area contributed by atoms with Crippen molar-refractivity contribution in [2.75, 3.05) is 12.4 Å². The van der Waals surface area contributed by atoms with Crippen molar-refractivity contribution in [3.05, 3.63) is 51.9 Å². The highest BCUT2D eigenvalue weighted by Crippen LogP contribution is 2.39. The number of benzene rings is 1. The molecule has 1 aromatic heterocycles. The molecule has 1 N–H and O–H groups in total. The number of nitrogens with one attached hydrogen (secondary N) is 1. The van der Waals surface area contributed by atoms with E-state index >= 15 is 0 Å². The molecule has 1 amide bonds. The van der Waals surface area contributed by atoms with Crippen LogP contribution in [-0.2, 0) is 17.6 Å². The molecule has 1 aromatic carbocycles. The fraction of sp³-hybridized carbons (Fsp3) is 0.250. The van der Waals surface area contributed by atoms with Crippen LogP contribution in [0.1, 0.15) is 37.6 Å². The van der Waals surface area contributed by atoms with Crippen molar-refractivity contribution in [3.8, 4) is 0 Å². The third-order valence-electron chi connectivity index (χ3n) is 3.57. The van der Waals surface area contributed by atoms with Crippen molar-refractivity contribution in [1.82, 2.24) is 0 Å². The quantitative estimate of drug-likeness (QED) is 0.885. The molecule has 5 heteroatoms.